The van der Waals surface area contributed by atoms with Gasteiger partial charge in [0.05, 0.1) is 0 Å². The molecule has 0 saturated heterocycles. The Kier molecular flexibility index (Phi) is 2.26. The summed E-state index contributed by atoms with van der Waals surface area (Å²) < 4.78 is 0. The SMILES string of the molecule is CNc1ccc2c(c1)CCCS2. The van der Waals surface area contributed by atoms with Crippen LogP contribution in [-0.4, -0.2) is 12.8 Å². The molecule has 0 aliphatic carbocycles. The number of rotatable bonds is 1. The van der Waals surface area contributed by atoms with E-state index in [2.05, 4.69) is 23.5 Å². The highest BCUT2D eigenvalue weighted by Crippen LogP contribution is 2.31. The van der Waals surface area contributed by atoms with E-state index >= 15 is 0 Å². The van der Waals surface area contributed by atoms with Gasteiger partial charge in [0.2, 0.25) is 0 Å². The zero-order chi connectivity index (χ0) is 8.39. The third kappa shape index (κ3) is 1.44. The summed E-state index contributed by atoms with van der Waals surface area (Å²) in [5.74, 6) is 1.28. The van der Waals surface area contributed by atoms with Crippen LogP contribution in [0, 0.1) is 0 Å². The van der Waals surface area contributed by atoms with Crippen molar-refractivity contribution in [1.82, 2.24) is 0 Å². The lowest BCUT2D eigenvalue weighted by molar-refractivity contribution is 0.890. The van der Waals surface area contributed by atoms with Gasteiger partial charge in [-0.05, 0) is 42.4 Å². The van der Waals surface area contributed by atoms with Gasteiger partial charge in [0.1, 0.15) is 0 Å². The van der Waals surface area contributed by atoms with Crippen LogP contribution >= 0.6 is 11.8 Å². The quantitative estimate of drug-likeness (QED) is 0.711. The van der Waals surface area contributed by atoms with Crippen molar-refractivity contribution in [1.29, 1.82) is 0 Å². The second-order valence-electron chi connectivity index (χ2n) is 3.02. The molecule has 1 aliphatic rings. The largest absolute Gasteiger partial charge is 0.388 e. The van der Waals surface area contributed by atoms with Gasteiger partial charge in [0.15, 0.2) is 0 Å². The lowest BCUT2D eigenvalue weighted by atomic mass is 10.1. The van der Waals surface area contributed by atoms with Gasteiger partial charge < -0.3 is 5.32 Å². The molecular weight excluding hydrogens is 166 g/mol. The molecule has 2 heteroatoms. The number of hydrogen-bond donors (Lipinski definition) is 1. The van der Waals surface area contributed by atoms with Crippen LogP contribution in [0.1, 0.15) is 12.0 Å². The third-order valence-corrected chi connectivity index (χ3v) is 3.40. The van der Waals surface area contributed by atoms with E-state index in [0.717, 1.165) is 0 Å². The van der Waals surface area contributed by atoms with Crippen LogP contribution in [-0.2, 0) is 6.42 Å². The fourth-order valence-corrected chi connectivity index (χ4v) is 2.54. The van der Waals surface area contributed by atoms with Crippen molar-refractivity contribution in [3.8, 4) is 0 Å². The second-order valence-corrected chi connectivity index (χ2v) is 4.16. The minimum Gasteiger partial charge on any atom is -0.388 e. The summed E-state index contributed by atoms with van der Waals surface area (Å²) >= 11 is 1.98. The van der Waals surface area contributed by atoms with E-state index in [9.17, 15) is 0 Å². The minimum absolute atomic E-state index is 1.23. The summed E-state index contributed by atoms with van der Waals surface area (Å²) in [4.78, 5) is 1.47. The second kappa shape index (κ2) is 3.40. The highest BCUT2D eigenvalue weighted by molar-refractivity contribution is 7.99. The van der Waals surface area contributed by atoms with Crippen LogP contribution in [0.2, 0.25) is 0 Å². The van der Waals surface area contributed by atoms with Gasteiger partial charge in [-0.1, -0.05) is 0 Å². The fourth-order valence-electron chi connectivity index (χ4n) is 1.52. The number of nitrogens with one attached hydrogen (secondary N) is 1. The molecule has 2 rings (SSSR count). The maximum absolute atomic E-state index is 3.17. The van der Waals surface area contributed by atoms with Crippen LogP contribution in [0.15, 0.2) is 23.1 Å². The van der Waals surface area contributed by atoms with Crippen LogP contribution < -0.4 is 5.32 Å². The van der Waals surface area contributed by atoms with E-state index in [1.165, 1.54) is 34.7 Å². The van der Waals surface area contributed by atoms with Gasteiger partial charge in [0, 0.05) is 17.6 Å². The Hall–Kier alpha value is -0.630. The normalized spacial score (nSPS) is 15.4. The molecule has 0 atom stereocenters. The first-order valence-corrected chi connectivity index (χ1v) is 5.32. The van der Waals surface area contributed by atoms with Gasteiger partial charge in [-0.15, -0.1) is 11.8 Å². The maximum Gasteiger partial charge on any atom is 0.0341 e. The smallest absolute Gasteiger partial charge is 0.0341 e. The molecule has 64 valence electrons. The molecule has 0 amide bonds. The summed E-state index contributed by atoms with van der Waals surface area (Å²) in [6.07, 6.45) is 2.57. The van der Waals surface area contributed by atoms with Crippen molar-refractivity contribution in [2.45, 2.75) is 17.7 Å². The molecule has 1 aromatic carbocycles. The summed E-state index contributed by atoms with van der Waals surface area (Å²) in [5, 5.41) is 3.17. The number of hydrogen-bond acceptors (Lipinski definition) is 2. The lowest BCUT2D eigenvalue weighted by Crippen LogP contribution is -1.99. The number of aryl methyl sites for hydroxylation is 1. The highest BCUT2D eigenvalue weighted by atomic mass is 32.2. The molecule has 1 N–H and O–H groups in total. The lowest BCUT2D eigenvalue weighted by Gasteiger charge is -2.15. The molecule has 0 aromatic heterocycles. The van der Waals surface area contributed by atoms with Crippen LogP contribution in [0.3, 0.4) is 0 Å². The first-order valence-electron chi connectivity index (χ1n) is 4.33. The first kappa shape index (κ1) is 7.99. The Morgan fingerprint density at radius 1 is 1.42 bits per heavy atom. The highest BCUT2D eigenvalue weighted by Gasteiger charge is 2.08. The van der Waals surface area contributed by atoms with Crippen molar-refractivity contribution in [2.75, 3.05) is 18.1 Å². The molecule has 12 heavy (non-hydrogen) atoms. The monoisotopic (exact) mass is 179 g/mol. The molecular formula is C10H13NS. The Morgan fingerprint density at radius 2 is 2.33 bits per heavy atom. The molecule has 1 aromatic rings. The van der Waals surface area contributed by atoms with Crippen molar-refractivity contribution < 1.29 is 0 Å². The Bertz CT molecular complexity index is 283. The van der Waals surface area contributed by atoms with E-state index < -0.39 is 0 Å². The van der Waals surface area contributed by atoms with Gasteiger partial charge >= 0.3 is 0 Å². The predicted molar refractivity (Wildman–Crippen MR) is 55.0 cm³/mol. The molecule has 0 spiro atoms. The van der Waals surface area contributed by atoms with Gasteiger partial charge in [-0.25, -0.2) is 0 Å². The van der Waals surface area contributed by atoms with E-state index in [0.29, 0.717) is 0 Å². The predicted octanol–water partition coefficient (Wildman–Crippen LogP) is 2.77. The zero-order valence-corrected chi connectivity index (χ0v) is 8.08. The van der Waals surface area contributed by atoms with Gasteiger partial charge in [-0.2, -0.15) is 0 Å². The average molecular weight is 179 g/mol. The molecule has 0 radical (unpaired) electrons. The first-order chi connectivity index (χ1) is 5.90. The summed E-state index contributed by atoms with van der Waals surface area (Å²) in [7, 11) is 1.97. The Labute approximate surface area is 77.6 Å². The van der Waals surface area contributed by atoms with Crippen molar-refractivity contribution in [3.63, 3.8) is 0 Å². The summed E-state index contributed by atoms with van der Waals surface area (Å²) in [6.45, 7) is 0. The van der Waals surface area contributed by atoms with Crippen LogP contribution in [0.4, 0.5) is 5.69 Å². The van der Waals surface area contributed by atoms with Crippen LogP contribution in [0.5, 0.6) is 0 Å². The van der Waals surface area contributed by atoms with Crippen molar-refractivity contribution in [3.05, 3.63) is 23.8 Å². The molecule has 0 unspecified atom stereocenters. The molecule has 0 bridgehead atoms. The van der Waals surface area contributed by atoms with Gasteiger partial charge in [-0.3, -0.25) is 0 Å². The Balaban J connectivity index is 2.36. The van der Waals surface area contributed by atoms with Crippen LogP contribution in [0.25, 0.3) is 0 Å². The fraction of sp³-hybridized carbons (Fsp3) is 0.400. The summed E-state index contributed by atoms with van der Waals surface area (Å²) in [6, 6.07) is 6.64. The maximum atomic E-state index is 3.17. The van der Waals surface area contributed by atoms with Gasteiger partial charge in [0.25, 0.3) is 0 Å². The molecule has 1 aliphatic heterocycles. The van der Waals surface area contributed by atoms with E-state index in [1.54, 1.807) is 0 Å². The number of fused-ring (bicyclic) bond motifs is 1. The zero-order valence-electron chi connectivity index (χ0n) is 7.26. The van der Waals surface area contributed by atoms with Crippen molar-refractivity contribution in [2.24, 2.45) is 0 Å². The number of benzene rings is 1. The van der Waals surface area contributed by atoms with E-state index in [4.69, 9.17) is 0 Å². The average Bonchev–Trinajstić information content (AvgIpc) is 2.17. The number of thioether (sulfide) groups is 1. The Morgan fingerprint density at radius 3 is 3.17 bits per heavy atom. The number of anilines is 1. The van der Waals surface area contributed by atoms with E-state index in [1.807, 2.05) is 18.8 Å². The molecule has 0 saturated carbocycles. The molecule has 1 heterocycles. The topological polar surface area (TPSA) is 12.0 Å². The molecule has 1 nitrogen and oxygen atoms in total. The summed E-state index contributed by atoms with van der Waals surface area (Å²) in [5.41, 5.74) is 2.74. The van der Waals surface area contributed by atoms with E-state index in [-0.39, 0.29) is 0 Å². The minimum atomic E-state index is 1.23. The molecule has 0 fully saturated rings. The standard InChI is InChI=1S/C10H13NS/c1-11-9-4-5-10-8(7-9)3-2-6-12-10/h4-5,7,11H,2-3,6H2,1H3. The van der Waals surface area contributed by atoms with Crippen molar-refractivity contribution >= 4 is 17.4 Å². The third-order valence-electron chi connectivity index (χ3n) is 2.20.